The molecule has 0 heterocycles. The van der Waals surface area contributed by atoms with Gasteiger partial charge in [-0.2, -0.15) is 0 Å². The molecule has 11 rings (SSSR count). The van der Waals surface area contributed by atoms with E-state index in [0.717, 1.165) is 40.5 Å². The maximum absolute atomic E-state index is 2.44. The molecular weight excluding hydrogens is 809 g/mol. The van der Waals surface area contributed by atoms with Crippen LogP contribution >= 0.6 is 0 Å². The molecule has 10 aromatic carbocycles. The molecule has 0 fully saturated rings. The van der Waals surface area contributed by atoms with Crippen LogP contribution in [0.5, 0.6) is 0 Å². The molecule has 0 aliphatic heterocycles. The Balaban J connectivity index is 0.985. The molecule has 0 N–H and O–H groups in total. The number of hydrogen-bond donors (Lipinski definition) is 0. The van der Waals surface area contributed by atoms with E-state index in [-0.39, 0.29) is 10.8 Å². The molecule has 1 aliphatic carbocycles. The first kappa shape index (κ1) is 42.0. The van der Waals surface area contributed by atoms with Gasteiger partial charge in [-0.1, -0.05) is 187 Å². The second-order valence-corrected chi connectivity index (χ2v) is 20.3. The van der Waals surface area contributed by atoms with Gasteiger partial charge in [0.15, 0.2) is 0 Å². The Morgan fingerprint density at radius 2 is 0.657 bits per heavy atom. The van der Waals surface area contributed by atoms with Gasteiger partial charge < -0.3 is 9.80 Å². The highest BCUT2D eigenvalue weighted by Gasteiger charge is 2.24. The summed E-state index contributed by atoms with van der Waals surface area (Å²) in [4.78, 5) is 4.86. The highest BCUT2D eigenvalue weighted by atomic mass is 15.1. The van der Waals surface area contributed by atoms with Gasteiger partial charge in [0.2, 0.25) is 0 Å². The lowest BCUT2D eigenvalue weighted by atomic mass is 9.87. The molecule has 0 bridgehead atoms. The summed E-state index contributed by atoms with van der Waals surface area (Å²) >= 11 is 0. The molecule has 0 unspecified atom stereocenters. The van der Waals surface area contributed by atoms with Gasteiger partial charge in [0.25, 0.3) is 0 Å². The van der Waals surface area contributed by atoms with Crippen LogP contribution in [0.4, 0.5) is 34.1 Å². The smallest absolute Gasteiger partial charge is 0.0540 e. The monoisotopic (exact) mass is 864 g/mol. The fraction of sp³-hybridized carbons (Fsp3) is 0.138. The van der Waals surface area contributed by atoms with Gasteiger partial charge in [0.1, 0.15) is 0 Å². The summed E-state index contributed by atoms with van der Waals surface area (Å²) in [7, 11) is 0. The summed E-state index contributed by atoms with van der Waals surface area (Å²) in [6, 6.07) is 81.1. The highest BCUT2D eigenvalue weighted by Crippen LogP contribution is 2.47. The van der Waals surface area contributed by atoms with Crippen molar-refractivity contribution in [2.75, 3.05) is 9.80 Å². The molecule has 0 saturated carbocycles. The average Bonchev–Trinajstić information content (AvgIpc) is 3.69. The van der Waals surface area contributed by atoms with Crippen molar-refractivity contribution < 1.29 is 0 Å². The van der Waals surface area contributed by atoms with Crippen molar-refractivity contribution in [1.82, 2.24) is 0 Å². The Morgan fingerprint density at radius 1 is 0.299 bits per heavy atom. The van der Waals surface area contributed by atoms with E-state index in [4.69, 9.17) is 0 Å². The van der Waals surface area contributed by atoms with E-state index in [9.17, 15) is 0 Å². The number of hydrogen-bond acceptors (Lipinski definition) is 2. The average molecular weight is 865 g/mol. The Labute approximate surface area is 396 Å². The van der Waals surface area contributed by atoms with Crippen LogP contribution in [-0.4, -0.2) is 0 Å². The van der Waals surface area contributed by atoms with E-state index in [0.29, 0.717) is 0 Å². The number of para-hydroxylation sites is 2. The molecule has 2 heteroatoms. The maximum atomic E-state index is 2.44. The van der Waals surface area contributed by atoms with Crippen LogP contribution < -0.4 is 9.80 Å². The van der Waals surface area contributed by atoms with Crippen molar-refractivity contribution in [2.24, 2.45) is 0 Å². The van der Waals surface area contributed by atoms with Gasteiger partial charge in [-0.25, -0.2) is 0 Å². The number of benzene rings is 10. The van der Waals surface area contributed by atoms with Crippen molar-refractivity contribution in [3.8, 4) is 33.4 Å². The maximum Gasteiger partial charge on any atom is 0.0540 e. The first-order valence-corrected chi connectivity index (χ1v) is 23.7. The molecule has 67 heavy (non-hydrogen) atoms. The minimum absolute atomic E-state index is 0.0639. The molecule has 10 aromatic rings. The van der Waals surface area contributed by atoms with Crippen LogP contribution in [0.25, 0.3) is 54.9 Å². The van der Waals surface area contributed by atoms with Gasteiger partial charge in [-0.3, -0.25) is 0 Å². The lowest BCUT2D eigenvalue weighted by Crippen LogP contribution is -2.13. The van der Waals surface area contributed by atoms with Gasteiger partial charge >= 0.3 is 0 Å². The third-order valence-corrected chi connectivity index (χ3v) is 13.7. The van der Waals surface area contributed by atoms with Crippen molar-refractivity contribution in [2.45, 2.75) is 58.8 Å². The third-order valence-electron chi connectivity index (χ3n) is 13.7. The molecule has 0 radical (unpaired) electrons. The molecule has 326 valence electrons. The summed E-state index contributed by atoms with van der Waals surface area (Å²) in [5.41, 5.74) is 19.8. The molecule has 0 saturated heterocycles. The van der Waals surface area contributed by atoms with Gasteiger partial charge in [0.05, 0.1) is 11.4 Å². The van der Waals surface area contributed by atoms with E-state index in [1.54, 1.807) is 0 Å². The second-order valence-electron chi connectivity index (χ2n) is 20.3. The van der Waals surface area contributed by atoms with Gasteiger partial charge in [0, 0.05) is 33.9 Å². The van der Waals surface area contributed by atoms with E-state index >= 15 is 0 Å². The van der Waals surface area contributed by atoms with E-state index in [2.05, 4.69) is 270 Å². The summed E-state index contributed by atoms with van der Waals surface area (Å²) < 4.78 is 0. The Hall–Kier alpha value is -7.68. The van der Waals surface area contributed by atoms with Crippen LogP contribution in [0.1, 0.15) is 63.8 Å². The van der Waals surface area contributed by atoms with Crippen molar-refractivity contribution in [1.29, 1.82) is 0 Å². The summed E-state index contributed by atoms with van der Waals surface area (Å²) in [5.74, 6) is 0. The first-order valence-electron chi connectivity index (χ1n) is 23.7. The van der Waals surface area contributed by atoms with Crippen molar-refractivity contribution in [3.05, 3.63) is 241 Å². The minimum atomic E-state index is 0.0639. The number of rotatable bonds is 8. The third kappa shape index (κ3) is 7.97. The topological polar surface area (TPSA) is 6.48 Å². The summed E-state index contributed by atoms with van der Waals surface area (Å²) in [6.07, 6.45) is 0.897. The number of nitrogens with zero attached hydrogens (tertiary/aromatic N) is 2. The Kier molecular flexibility index (Phi) is 10.4. The fourth-order valence-electron chi connectivity index (χ4n) is 10.1. The Morgan fingerprint density at radius 3 is 1.04 bits per heavy atom. The quantitative estimate of drug-likeness (QED) is 0.150. The largest absolute Gasteiger partial charge is 0.310 e. The molecule has 0 amide bonds. The van der Waals surface area contributed by atoms with Crippen LogP contribution in [0.15, 0.2) is 218 Å². The summed E-state index contributed by atoms with van der Waals surface area (Å²) in [6.45, 7) is 13.7. The first-order chi connectivity index (χ1) is 32.5. The fourth-order valence-corrected chi connectivity index (χ4v) is 10.1. The lowest BCUT2D eigenvalue weighted by Gasteiger charge is -2.29. The normalized spacial score (nSPS) is 12.3. The van der Waals surface area contributed by atoms with E-state index in [1.807, 2.05) is 0 Å². The Bertz CT molecular complexity index is 3190. The second kappa shape index (κ2) is 16.6. The van der Waals surface area contributed by atoms with Gasteiger partial charge in [-0.05, 0) is 156 Å². The van der Waals surface area contributed by atoms with Crippen LogP contribution in [-0.2, 0) is 17.3 Å². The SMILES string of the molecule is CC(C)(C)c1ccc(N(c2ccc3cc4c(cc3c2)Cc2cc3cc(N(c5ccc(C(C)(C)C)cc5)c5ccccc5-c5ccccc5)ccc3cc2-4)c2ccccc2-c2ccccc2)cc1. The zero-order valence-corrected chi connectivity index (χ0v) is 39.4. The predicted molar refractivity (Wildman–Crippen MR) is 287 cm³/mol. The minimum Gasteiger partial charge on any atom is -0.310 e. The van der Waals surface area contributed by atoms with Crippen LogP contribution in [0.3, 0.4) is 0 Å². The van der Waals surface area contributed by atoms with Crippen molar-refractivity contribution in [3.63, 3.8) is 0 Å². The molecule has 0 atom stereocenters. The zero-order chi connectivity index (χ0) is 45.9. The summed E-state index contributed by atoms with van der Waals surface area (Å²) in [5, 5.41) is 4.98. The van der Waals surface area contributed by atoms with Crippen LogP contribution in [0, 0.1) is 0 Å². The molecule has 2 nitrogen and oxygen atoms in total. The standard InChI is InChI=1S/C65H56N2/c1-64(2,3)52-27-33-54(34-28-52)66(62-23-15-13-21-58(62)44-17-9-7-10-18-44)56-31-25-46-42-60-50(37-48(46)40-56)39-51-38-49-41-57(32-26-47(49)43-61(51)60)67(55-35-29-53(30-36-55)65(4,5)6)63-24-16-14-22-59(63)45-19-11-8-12-20-45/h7-38,40-43H,39H2,1-6H3. The molecular formula is C65H56N2. The van der Waals surface area contributed by atoms with E-state index < -0.39 is 0 Å². The van der Waals surface area contributed by atoms with Crippen LogP contribution in [0.2, 0.25) is 0 Å². The van der Waals surface area contributed by atoms with Crippen molar-refractivity contribution >= 4 is 55.7 Å². The zero-order valence-electron chi connectivity index (χ0n) is 39.4. The lowest BCUT2D eigenvalue weighted by molar-refractivity contribution is 0.590. The highest BCUT2D eigenvalue weighted by molar-refractivity contribution is 6.00. The van der Waals surface area contributed by atoms with Gasteiger partial charge in [-0.15, -0.1) is 0 Å². The molecule has 0 spiro atoms. The molecule has 1 aliphatic rings. The van der Waals surface area contributed by atoms with E-state index in [1.165, 1.54) is 77.2 Å². The number of anilines is 6. The molecule has 0 aromatic heterocycles. The number of fused-ring (bicyclic) bond motifs is 5. The predicted octanol–water partition coefficient (Wildman–Crippen LogP) is 18.4.